The summed E-state index contributed by atoms with van der Waals surface area (Å²) in [5.41, 5.74) is 0. The van der Waals surface area contributed by atoms with Crippen LogP contribution in [0.15, 0.2) is 10.8 Å². The Morgan fingerprint density at radius 2 is 1.60 bits per heavy atom. The van der Waals surface area contributed by atoms with Gasteiger partial charge >= 0.3 is 29.6 Å². The molecule has 0 amide bonds. The predicted molar refractivity (Wildman–Crippen MR) is 42.5 cm³/mol. The van der Waals surface area contributed by atoms with Gasteiger partial charge in [-0.2, -0.15) is 0 Å². The third-order valence-electron chi connectivity index (χ3n) is 1.19. The van der Waals surface area contributed by atoms with Crippen molar-refractivity contribution in [2.45, 2.75) is 0 Å². The van der Waals surface area contributed by atoms with Gasteiger partial charge in [0.05, 0.1) is 0 Å². The van der Waals surface area contributed by atoms with E-state index in [0.717, 1.165) is 11.5 Å². The molecular formula is C6H7NaO2S. The van der Waals surface area contributed by atoms with Crippen molar-refractivity contribution in [3.63, 3.8) is 0 Å². The van der Waals surface area contributed by atoms with Crippen LogP contribution >= 0.6 is 11.3 Å². The van der Waals surface area contributed by atoms with Crippen molar-refractivity contribution in [3.05, 3.63) is 10.8 Å². The second-order valence-corrected chi connectivity index (χ2v) is 2.54. The summed E-state index contributed by atoms with van der Waals surface area (Å²) in [6.45, 7) is 1.37. The molecule has 2 heterocycles. The summed E-state index contributed by atoms with van der Waals surface area (Å²) in [7, 11) is 0. The van der Waals surface area contributed by atoms with E-state index in [4.69, 9.17) is 9.47 Å². The maximum atomic E-state index is 5.25. The van der Waals surface area contributed by atoms with Gasteiger partial charge in [0.25, 0.3) is 0 Å². The summed E-state index contributed by atoms with van der Waals surface area (Å²) >= 11 is 1.61. The van der Waals surface area contributed by atoms with Gasteiger partial charge in [-0.1, -0.05) is 0 Å². The minimum absolute atomic E-state index is 0. The second kappa shape index (κ2) is 3.62. The zero-order valence-corrected chi connectivity index (χ0v) is 5.61. The fourth-order valence-corrected chi connectivity index (χ4v) is 1.47. The standard InChI is InChI=1S/C6H6O2S.Na.H/c1-2-8-6-4-9-3-5(6)7-1;;/h3-4H,1-2H2;;. The smallest absolute Gasteiger partial charge is 0.172 e. The van der Waals surface area contributed by atoms with E-state index < -0.39 is 0 Å². The van der Waals surface area contributed by atoms with Gasteiger partial charge in [0.1, 0.15) is 13.2 Å². The molecule has 1 aliphatic rings. The van der Waals surface area contributed by atoms with Crippen LogP contribution in [0, 0.1) is 0 Å². The summed E-state index contributed by atoms with van der Waals surface area (Å²) < 4.78 is 10.5. The normalized spacial score (nSPS) is 14.0. The van der Waals surface area contributed by atoms with Crippen LogP contribution in [0.2, 0.25) is 0 Å². The second-order valence-electron chi connectivity index (χ2n) is 1.80. The Bertz CT molecular complexity index is 191. The monoisotopic (exact) mass is 166 g/mol. The molecule has 0 spiro atoms. The quantitative estimate of drug-likeness (QED) is 0.532. The van der Waals surface area contributed by atoms with Crippen molar-refractivity contribution in [2.24, 2.45) is 0 Å². The zero-order chi connectivity index (χ0) is 6.10. The molecule has 4 heteroatoms. The molecule has 50 valence electrons. The first-order chi connectivity index (χ1) is 4.47. The van der Waals surface area contributed by atoms with Gasteiger partial charge in [0, 0.05) is 10.8 Å². The summed E-state index contributed by atoms with van der Waals surface area (Å²) in [6, 6.07) is 0. The van der Waals surface area contributed by atoms with Crippen molar-refractivity contribution >= 4 is 40.9 Å². The molecule has 1 aromatic rings. The van der Waals surface area contributed by atoms with Crippen LogP contribution in [0.5, 0.6) is 11.5 Å². The maximum Gasteiger partial charge on any atom is 0.172 e. The molecule has 1 aliphatic heterocycles. The van der Waals surface area contributed by atoms with E-state index in [-0.39, 0.29) is 29.6 Å². The SMILES string of the molecule is [NaH].c1scc2c1OCCO2. The topological polar surface area (TPSA) is 18.5 Å². The maximum absolute atomic E-state index is 5.25. The first kappa shape index (κ1) is 8.40. The van der Waals surface area contributed by atoms with E-state index in [0.29, 0.717) is 13.2 Å². The number of thiophene rings is 1. The first-order valence-corrected chi connectivity index (χ1v) is 3.73. The number of hydrogen-bond acceptors (Lipinski definition) is 3. The number of ether oxygens (including phenoxy) is 2. The summed E-state index contributed by atoms with van der Waals surface area (Å²) in [6.07, 6.45) is 0. The fourth-order valence-electron chi connectivity index (χ4n) is 0.787. The first-order valence-electron chi connectivity index (χ1n) is 2.78. The molecule has 0 unspecified atom stereocenters. The molecule has 2 rings (SSSR count). The van der Waals surface area contributed by atoms with Gasteiger partial charge in [-0.25, -0.2) is 0 Å². The third-order valence-corrected chi connectivity index (χ3v) is 1.89. The van der Waals surface area contributed by atoms with Crippen molar-refractivity contribution in [1.82, 2.24) is 0 Å². The molecule has 10 heavy (non-hydrogen) atoms. The van der Waals surface area contributed by atoms with Crippen molar-refractivity contribution in [2.75, 3.05) is 13.2 Å². The summed E-state index contributed by atoms with van der Waals surface area (Å²) in [4.78, 5) is 0. The average molecular weight is 166 g/mol. The van der Waals surface area contributed by atoms with Gasteiger partial charge in [-0.3, -0.25) is 0 Å². The van der Waals surface area contributed by atoms with Gasteiger partial charge in [0.15, 0.2) is 11.5 Å². The Morgan fingerprint density at radius 1 is 1.10 bits per heavy atom. The van der Waals surface area contributed by atoms with Crippen molar-refractivity contribution in [1.29, 1.82) is 0 Å². The molecule has 0 saturated carbocycles. The molecule has 0 radical (unpaired) electrons. The van der Waals surface area contributed by atoms with Gasteiger partial charge in [-0.15, -0.1) is 11.3 Å². The van der Waals surface area contributed by atoms with E-state index in [1.807, 2.05) is 10.8 Å². The summed E-state index contributed by atoms with van der Waals surface area (Å²) in [5, 5.41) is 3.91. The fraction of sp³-hybridized carbons (Fsp3) is 0.333. The largest absolute Gasteiger partial charge is 0.485 e. The molecule has 0 saturated heterocycles. The Morgan fingerprint density at radius 3 is 2.10 bits per heavy atom. The van der Waals surface area contributed by atoms with E-state index in [1.54, 1.807) is 11.3 Å². The van der Waals surface area contributed by atoms with E-state index in [2.05, 4.69) is 0 Å². The Hall–Kier alpha value is 0.300. The van der Waals surface area contributed by atoms with Crippen LogP contribution in [-0.4, -0.2) is 42.8 Å². The molecule has 2 nitrogen and oxygen atoms in total. The molecule has 0 aliphatic carbocycles. The van der Waals surface area contributed by atoms with E-state index in [1.165, 1.54) is 0 Å². The Kier molecular flexibility index (Phi) is 3.04. The van der Waals surface area contributed by atoms with Crippen LogP contribution in [0.25, 0.3) is 0 Å². The number of fused-ring (bicyclic) bond motifs is 1. The molecule has 0 aromatic carbocycles. The zero-order valence-electron chi connectivity index (χ0n) is 4.79. The van der Waals surface area contributed by atoms with Gasteiger partial charge < -0.3 is 9.47 Å². The van der Waals surface area contributed by atoms with E-state index >= 15 is 0 Å². The minimum atomic E-state index is 0. The van der Waals surface area contributed by atoms with Crippen LogP contribution in [0.4, 0.5) is 0 Å². The van der Waals surface area contributed by atoms with Crippen molar-refractivity contribution in [3.8, 4) is 11.5 Å². The third kappa shape index (κ3) is 1.48. The van der Waals surface area contributed by atoms with Crippen LogP contribution < -0.4 is 9.47 Å². The predicted octanol–water partition coefficient (Wildman–Crippen LogP) is 0.871. The summed E-state index contributed by atoms with van der Waals surface area (Å²) in [5.74, 6) is 1.79. The average Bonchev–Trinajstić information content (AvgIpc) is 2.33. The molecule has 0 atom stereocenters. The van der Waals surface area contributed by atoms with Gasteiger partial charge in [-0.05, 0) is 0 Å². The molecular weight excluding hydrogens is 159 g/mol. The van der Waals surface area contributed by atoms with Crippen LogP contribution in [-0.2, 0) is 0 Å². The molecule has 0 N–H and O–H groups in total. The van der Waals surface area contributed by atoms with Crippen LogP contribution in [0.1, 0.15) is 0 Å². The molecule has 0 bridgehead atoms. The Labute approximate surface area is 85.4 Å². The minimum Gasteiger partial charge on any atom is -0.485 e. The van der Waals surface area contributed by atoms with Gasteiger partial charge in [0.2, 0.25) is 0 Å². The Balaban J connectivity index is 0.000000500. The van der Waals surface area contributed by atoms with Crippen molar-refractivity contribution < 1.29 is 9.47 Å². The molecule has 0 fully saturated rings. The number of hydrogen-bond donors (Lipinski definition) is 0. The van der Waals surface area contributed by atoms with E-state index in [9.17, 15) is 0 Å². The van der Waals surface area contributed by atoms with Crippen LogP contribution in [0.3, 0.4) is 0 Å². The number of rotatable bonds is 0. The molecule has 1 aromatic heterocycles.